The van der Waals surface area contributed by atoms with Crippen LogP contribution in [0.25, 0.3) is 0 Å². The molecule has 0 radical (unpaired) electrons. The number of aliphatic hydroxyl groups is 1. The number of piperazine rings is 1. The summed E-state index contributed by atoms with van der Waals surface area (Å²) in [6.45, 7) is 2.86. The van der Waals surface area contributed by atoms with E-state index in [0.29, 0.717) is 49.9 Å². The predicted molar refractivity (Wildman–Crippen MR) is 149 cm³/mol. The average molecular weight is 577 g/mol. The van der Waals surface area contributed by atoms with Gasteiger partial charge in [0, 0.05) is 42.3 Å². The Morgan fingerprint density at radius 3 is 2.65 bits per heavy atom. The highest BCUT2D eigenvalue weighted by Crippen LogP contribution is 2.52. The summed E-state index contributed by atoms with van der Waals surface area (Å²) < 4.78 is 56.0. The van der Waals surface area contributed by atoms with Gasteiger partial charge in [-0.15, -0.1) is 0 Å². The van der Waals surface area contributed by atoms with E-state index in [1.807, 2.05) is 6.92 Å². The number of anilines is 1. The number of carbonyl (C=O) groups excluding carboxylic acids is 1. The summed E-state index contributed by atoms with van der Waals surface area (Å²) in [6, 6.07) is 9.08. The predicted octanol–water partition coefficient (Wildman–Crippen LogP) is 2.87. The van der Waals surface area contributed by atoms with Gasteiger partial charge in [0.15, 0.2) is 0 Å². The summed E-state index contributed by atoms with van der Waals surface area (Å²) in [4.78, 5) is 13.5. The molecule has 1 unspecified atom stereocenters. The smallest absolute Gasteiger partial charge is 0.241 e. The maximum Gasteiger partial charge on any atom is 0.241 e. The number of rotatable bonds is 8. The molecule has 0 aromatic heterocycles. The van der Waals surface area contributed by atoms with Gasteiger partial charge in [0.05, 0.1) is 17.9 Å². The van der Waals surface area contributed by atoms with Crippen molar-refractivity contribution >= 4 is 21.6 Å². The maximum atomic E-state index is 15.1. The average Bonchev–Trinajstić information content (AvgIpc) is 3.00. The highest BCUT2D eigenvalue weighted by molar-refractivity contribution is 7.89. The van der Waals surface area contributed by atoms with E-state index in [-0.39, 0.29) is 29.9 Å². The fraction of sp³-hybridized carbons (Fsp3) is 0.552. The van der Waals surface area contributed by atoms with Crippen LogP contribution in [-0.2, 0) is 21.2 Å². The number of hydrogen-bond donors (Lipinski definition) is 4. The number of aliphatic hydroxyl groups excluding tert-OH is 1. The molecule has 2 aromatic carbocycles. The van der Waals surface area contributed by atoms with Crippen LogP contribution in [-0.4, -0.2) is 66.8 Å². The molecule has 3 aliphatic rings. The van der Waals surface area contributed by atoms with Crippen molar-refractivity contribution in [3.63, 3.8) is 0 Å². The molecule has 3 fully saturated rings. The fourth-order valence-corrected chi connectivity index (χ4v) is 8.64. The molecule has 1 saturated carbocycles. The largest absolute Gasteiger partial charge is 0.393 e. The van der Waals surface area contributed by atoms with Crippen molar-refractivity contribution in [2.75, 3.05) is 24.2 Å². The van der Waals surface area contributed by atoms with Crippen LogP contribution >= 0.6 is 0 Å². The molecule has 2 bridgehead atoms. The summed E-state index contributed by atoms with van der Waals surface area (Å²) in [5, 5.41) is 16.3. The number of carbonyl (C=O) groups is 1. The van der Waals surface area contributed by atoms with Crippen LogP contribution in [0, 0.1) is 17.0 Å². The molecule has 2 heterocycles. The van der Waals surface area contributed by atoms with Crippen LogP contribution in [0.2, 0.25) is 0 Å². The van der Waals surface area contributed by atoms with Gasteiger partial charge in [-0.3, -0.25) is 4.79 Å². The third-order valence-electron chi connectivity index (χ3n) is 8.91. The minimum Gasteiger partial charge on any atom is -0.393 e. The molecule has 8 nitrogen and oxygen atoms in total. The number of amides is 1. The maximum absolute atomic E-state index is 15.1. The lowest BCUT2D eigenvalue weighted by atomic mass is 9.57. The summed E-state index contributed by atoms with van der Waals surface area (Å²) in [7, 11) is -3.38. The van der Waals surface area contributed by atoms with Crippen LogP contribution in [0.1, 0.15) is 56.1 Å². The van der Waals surface area contributed by atoms with Crippen LogP contribution in [0.3, 0.4) is 0 Å². The molecule has 2 aromatic rings. The number of hydrogen-bond acceptors (Lipinski definition) is 6. The van der Waals surface area contributed by atoms with Gasteiger partial charge >= 0.3 is 0 Å². The van der Waals surface area contributed by atoms with Gasteiger partial charge in [-0.25, -0.2) is 17.2 Å². The van der Waals surface area contributed by atoms with Crippen molar-refractivity contribution < 1.29 is 27.1 Å². The highest BCUT2D eigenvalue weighted by Gasteiger charge is 2.49. The van der Waals surface area contributed by atoms with Gasteiger partial charge in [0.2, 0.25) is 15.9 Å². The zero-order valence-corrected chi connectivity index (χ0v) is 23.5. The van der Waals surface area contributed by atoms with Crippen LogP contribution in [0.5, 0.6) is 0 Å². The summed E-state index contributed by atoms with van der Waals surface area (Å²) in [5.41, 5.74) is 7.34. The Morgan fingerprint density at radius 2 is 1.95 bits per heavy atom. The third-order valence-corrected chi connectivity index (χ3v) is 10.9. The Hall–Kier alpha value is -2.44. The van der Waals surface area contributed by atoms with Gasteiger partial charge in [-0.05, 0) is 73.8 Å². The number of benzene rings is 2. The van der Waals surface area contributed by atoms with E-state index in [0.717, 1.165) is 6.42 Å². The zero-order chi connectivity index (χ0) is 28.7. The molecule has 5 N–H and O–H groups in total. The van der Waals surface area contributed by atoms with Crippen molar-refractivity contribution in [1.29, 1.82) is 0 Å². The molecule has 218 valence electrons. The quantitative estimate of drug-likeness (QED) is 0.383. The normalized spacial score (nSPS) is 30.9. The van der Waals surface area contributed by atoms with E-state index in [4.69, 9.17) is 5.73 Å². The number of nitrogens with zero attached hydrogens (tertiary/aromatic N) is 1. The molecule has 1 aliphatic carbocycles. The molecule has 5 atom stereocenters. The number of sulfonamides is 1. The molecule has 5 rings (SSSR count). The minimum absolute atomic E-state index is 0.117. The second-order valence-corrected chi connectivity index (χ2v) is 13.9. The standard InChI is InChI=1S/C29H38F2N4O4S/c1-29(14-22(36)15-29)26(18-7-9-19(30)10-8-18)27(32)28(37)34-25-6-2-5-24(31)23(25)12-11-21-16-33-20-4-3-13-40(38,39)35(21)17-20/h2,5-10,20-22,26-27,33,36H,3-4,11-17,32H2,1H3,(H,34,37)/t20-,21+,22?,26-,27+,29?/m1/s1. The van der Waals surface area contributed by atoms with Crippen molar-refractivity contribution in [2.45, 2.75) is 75.6 Å². The van der Waals surface area contributed by atoms with Crippen LogP contribution < -0.4 is 16.4 Å². The van der Waals surface area contributed by atoms with Gasteiger partial charge < -0.3 is 21.5 Å². The molecular weight excluding hydrogens is 538 g/mol. The van der Waals surface area contributed by atoms with Crippen molar-refractivity contribution in [3.05, 3.63) is 65.2 Å². The molecular formula is C29H38F2N4O4S. The first kappa shape index (κ1) is 29.1. The molecule has 1 amide bonds. The second kappa shape index (κ2) is 11.4. The number of fused-ring (bicyclic) bond motifs is 2. The topological polar surface area (TPSA) is 125 Å². The van der Waals surface area contributed by atoms with E-state index in [1.165, 1.54) is 24.3 Å². The molecule has 40 heavy (non-hydrogen) atoms. The highest BCUT2D eigenvalue weighted by atomic mass is 32.2. The Labute approximate surface area is 234 Å². The third kappa shape index (κ3) is 5.94. The van der Waals surface area contributed by atoms with Crippen molar-refractivity contribution in [2.24, 2.45) is 11.1 Å². The lowest BCUT2D eigenvalue weighted by Gasteiger charge is -2.50. The number of nitrogens with one attached hydrogen (secondary N) is 2. The van der Waals surface area contributed by atoms with Gasteiger partial charge in [-0.1, -0.05) is 25.1 Å². The lowest BCUT2D eigenvalue weighted by Crippen LogP contribution is -2.57. The van der Waals surface area contributed by atoms with Gasteiger partial charge in [0.1, 0.15) is 11.6 Å². The van der Waals surface area contributed by atoms with Crippen LogP contribution in [0.4, 0.5) is 14.5 Å². The molecule has 2 saturated heterocycles. The summed E-state index contributed by atoms with van der Waals surface area (Å²) in [6.07, 6.45) is 2.46. The van der Waals surface area contributed by atoms with Crippen molar-refractivity contribution in [1.82, 2.24) is 9.62 Å². The van der Waals surface area contributed by atoms with E-state index in [2.05, 4.69) is 10.6 Å². The van der Waals surface area contributed by atoms with Gasteiger partial charge in [-0.2, -0.15) is 4.31 Å². The summed E-state index contributed by atoms with van der Waals surface area (Å²) >= 11 is 0. The first-order valence-electron chi connectivity index (χ1n) is 14.0. The first-order chi connectivity index (χ1) is 19.0. The Morgan fingerprint density at radius 1 is 1.23 bits per heavy atom. The van der Waals surface area contributed by atoms with E-state index < -0.39 is 51.0 Å². The Bertz CT molecular complexity index is 1330. The van der Waals surface area contributed by atoms with E-state index >= 15 is 4.39 Å². The lowest BCUT2D eigenvalue weighted by molar-refractivity contribution is -0.120. The first-order valence-corrected chi connectivity index (χ1v) is 15.6. The Kier molecular flexibility index (Phi) is 8.32. The fourth-order valence-electron chi connectivity index (χ4n) is 6.84. The minimum atomic E-state index is -3.38. The molecule has 2 aliphatic heterocycles. The zero-order valence-electron chi connectivity index (χ0n) is 22.7. The number of halogens is 2. The van der Waals surface area contributed by atoms with Gasteiger partial charge in [0.25, 0.3) is 0 Å². The molecule has 0 spiro atoms. The van der Waals surface area contributed by atoms with E-state index in [9.17, 15) is 22.7 Å². The van der Waals surface area contributed by atoms with Crippen LogP contribution in [0.15, 0.2) is 42.5 Å². The SMILES string of the molecule is CC1([C@H](c2ccc(F)cc2)[C@H](N)C(=O)Nc2cccc(F)c2CC[C@H]2CN[C@@H]3CCCS(=O)(=O)N2C3)CC(O)C1. The summed E-state index contributed by atoms with van der Waals surface area (Å²) in [5.74, 6) is -1.79. The monoisotopic (exact) mass is 576 g/mol. The second-order valence-electron chi connectivity index (χ2n) is 11.9. The Balaban J connectivity index is 1.33. The van der Waals surface area contributed by atoms with E-state index in [1.54, 1.807) is 22.5 Å². The number of nitrogens with two attached hydrogens (primary N) is 1. The molecule has 11 heteroatoms. The van der Waals surface area contributed by atoms with Crippen molar-refractivity contribution in [3.8, 4) is 0 Å².